The van der Waals surface area contributed by atoms with Crippen LogP contribution in [0.5, 0.6) is 0 Å². The van der Waals surface area contributed by atoms with Gasteiger partial charge in [0.05, 0.1) is 27.8 Å². The zero-order valence-corrected chi connectivity index (χ0v) is 19.8. The quantitative estimate of drug-likeness (QED) is 0.288. The molecule has 7 heteroatoms. The first kappa shape index (κ1) is 22.7. The molecule has 1 heterocycles. The van der Waals surface area contributed by atoms with Gasteiger partial charge in [-0.05, 0) is 30.2 Å². The number of amides is 1. The van der Waals surface area contributed by atoms with E-state index in [1.54, 1.807) is 6.07 Å². The number of thiazole rings is 1. The number of aromatic nitrogens is 1. The molecular weight excluding hydrogens is 463 g/mol. The Kier molecular flexibility index (Phi) is 7.43. The van der Waals surface area contributed by atoms with E-state index < -0.39 is 5.92 Å². The number of rotatable bonds is 7. The fourth-order valence-corrected chi connectivity index (χ4v) is 5.49. The molecular formula is C25H22Cl2N2O2S. The Hall–Kier alpha value is -2.44. The van der Waals surface area contributed by atoms with E-state index in [4.69, 9.17) is 27.9 Å². The molecule has 0 aliphatic rings. The molecule has 0 fully saturated rings. The third-order valence-electron chi connectivity index (χ3n) is 5.08. The van der Waals surface area contributed by atoms with Gasteiger partial charge in [0.1, 0.15) is 0 Å². The van der Waals surface area contributed by atoms with E-state index >= 15 is 0 Å². The summed E-state index contributed by atoms with van der Waals surface area (Å²) in [5.74, 6) is -0.733. The Balaban J connectivity index is 1.85. The molecule has 4 aromatic rings. The summed E-state index contributed by atoms with van der Waals surface area (Å²) in [6.07, 6.45) is 0. The van der Waals surface area contributed by atoms with Crippen LogP contribution in [-0.4, -0.2) is 23.7 Å². The lowest BCUT2D eigenvalue weighted by molar-refractivity contribution is -0.118. The van der Waals surface area contributed by atoms with Crippen LogP contribution in [0.15, 0.2) is 77.8 Å². The SMILES string of the molecule is CCOCCn1c(=NC(=O)C(c2ccccc2)c2ccccc2)sc2cc(Cl)cc(Cl)c21. The van der Waals surface area contributed by atoms with Crippen molar-refractivity contribution in [1.29, 1.82) is 0 Å². The van der Waals surface area contributed by atoms with Crippen LogP contribution in [0.3, 0.4) is 0 Å². The number of hydrogen-bond acceptors (Lipinski definition) is 3. The maximum absolute atomic E-state index is 13.6. The Bertz CT molecular complexity index is 1240. The standard InChI is InChI=1S/C25H22Cl2N2O2S/c1-2-31-14-13-29-23-20(27)15-19(26)16-21(23)32-25(29)28-24(30)22(17-9-5-3-6-10-17)18-11-7-4-8-12-18/h3-12,15-16,22H,2,13-14H2,1H3. The molecule has 164 valence electrons. The lowest BCUT2D eigenvalue weighted by Gasteiger charge is -2.14. The van der Waals surface area contributed by atoms with Crippen molar-refractivity contribution in [2.75, 3.05) is 13.2 Å². The summed E-state index contributed by atoms with van der Waals surface area (Å²) in [7, 11) is 0. The predicted octanol–water partition coefficient (Wildman–Crippen LogP) is 6.31. The molecule has 0 radical (unpaired) electrons. The summed E-state index contributed by atoms with van der Waals surface area (Å²) in [5, 5.41) is 1.07. The van der Waals surface area contributed by atoms with Gasteiger partial charge in [0.15, 0.2) is 4.80 Å². The van der Waals surface area contributed by atoms with Crippen molar-refractivity contribution in [3.8, 4) is 0 Å². The second kappa shape index (κ2) is 10.5. The number of benzene rings is 3. The molecule has 0 aliphatic carbocycles. The summed E-state index contributed by atoms with van der Waals surface area (Å²) >= 11 is 14.1. The van der Waals surface area contributed by atoms with E-state index in [2.05, 4.69) is 4.99 Å². The topological polar surface area (TPSA) is 43.6 Å². The highest BCUT2D eigenvalue weighted by Gasteiger charge is 2.23. The maximum atomic E-state index is 13.6. The van der Waals surface area contributed by atoms with Crippen LogP contribution in [0, 0.1) is 0 Å². The molecule has 0 atom stereocenters. The van der Waals surface area contributed by atoms with Crippen molar-refractivity contribution >= 4 is 50.7 Å². The van der Waals surface area contributed by atoms with Gasteiger partial charge in [0.25, 0.3) is 5.91 Å². The van der Waals surface area contributed by atoms with E-state index in [-0.39, 0.29) is 5.91 Å². The summed E-state index contributed by atoms with van der Waals surface area (Å²) in [6, 6.07) is 23.0. The molecule has 4 rings (SSSR count). The van der Waals surface area contributed by atoms with Crippen LogP contribution in [0.4, 0.5) is 0 Å². The Morgan fingerprint density at radius 2 is 1.66 bits per heavy atom. The Labute approximate surface area is 200 Å². The van der Waals surface area contributed by atoms with Gasteiger partial charge >= 0.3 is 0 Å². The molecule has 1 amide bonds. The number of nitrogens with zero attached hydrogens (tertiary/aromatic N) is 2. The zero-order valence-electron chi connectivity index (χ0n) is 17.5. The average molecular weight is 485 g/mol. The largest absolute Gasteiger partial charge is 0.380 e. The Morgan fingerprint density at radius 1 is 1.03 bits per heavy atom. The van der Waals surface area contributed by atoms with Crippen molar-refractivity contribution in [3.63, 3.8) is 0 Å². The lowest BCUT2D eigenvalue weighted by Crippen LogP contribution is -2.22. The van der Waals surface area contributed by atoms with Gasteiger partial charge in [0.2, 0.25) is 0 Å². The molecule has 0 N–H and O–H groups in total. The van der Waals surface area contributed by atoms with Crippen LogP contribution in [0.1, 0.15) is 24.0 Å². The van der Waals surface area contributed by atoms with Gasteiger partial charge in [-0.1, -0.05) is 95.2 Å². The highest BCUT2D eigenvalue weighted by Crippen LogP contribution is 2.30. The number of fused-ring (bicyclic) bond motifs is 1. The van der Waals surface area contributed by atoms with Gasteiger partial charge in [-0.15, -0.1) is 0 Å². The fraction of sp³-hybridized carbons (Fsp3) is 0.200. The van der Waals surface area contributed by atoms with Gasteiger partial charge in [-0.3, -0.25) is 4.79 Å². The molecule has 0 saturated heterocycles. The van der Waals surface area contributed by atoms with Crippen LogP contribution in [0.2, 0.25) is 10.0 Å². The monoisotopic (exact) mass is 484 g/mol. The Morgan fingerprint density at radius 3 is 2.25 bits per heavy atom. The van der Waals surface area contributed by atoms with Crippen LogP contribution < -0.4 is 4.80 Å². The summed E-state index contributed by atoms with van der Waals surface area (Å²) in [5.41, 5.74) is 2.61. The normalized spacial score (nSPS) is 12.1. The maximum Gasteiger partial charge on any atom is 0.260 e. The van der Waals surface area contributed by atoms with Crippen LogP contribution >= 0.6 is 34.5 Å². The minimum atomic E-state index is -0.498. The van der Waals surface area contributed by atoms with Crippen molar-refractivity contribution in [2.45, 2.75) is 19.4 Å². The predicted molar refractivity (Wildman–Crippen MR) is 132 cm³/mol. The molecule has 0 spiro atoms. The smallest absolute Gasteiger partial charge is 0.260 e. The average Bonchev–Trinajstić information content (AvgIpc) is 3.12. The van der Waals surface area contributed by atoms with E-state index in [0.29, 0.717) is 34.6 Å². The highest BCUT2D eigenvalue weighted by molar-refractivity contribution is 7.16. The van der Waals surface area contributed by atoms with Crippen LogP contribution in [-0.2, 0) is 16.1 Å². The summed E-state index contributed by atoms with van der Waals surface area (Å²) < 4.78 is 8.37. The van der Waals surface area contributed by atoms with Crippen molar-refractivity contribution in [2.24, 2.45) is 4.99 Å². The minimum absolute atomic E-state index is 0.235. The van der Waals surface area contributed by atoms with Gasteiger partial charge in [-0.2, -0.15) is 4.99 Å². The van der Waals surface area contributed by atoms with E-state index in [9.17, 15) is 4.79 Å². The van der Waals surface area contributed by atoms with E-state index in [0.717, 1.165) is 21.3 Å². The number of carbonyl (C=O) groups is 1. The van der Waals surface area contributed by atoms with E-state index in [1.165, 1.54) is 11.3 Å². The third-order valence-corrected chi connectivity index (χ3v) is 6.61. The summed E-state index contributed by atoms with van der Waals surface area (Å²) in [4.78, 5) is 18.7. The molecule has 32 heavy (non-hydrogen) atoms. The second-order valence-corrected chi connectivity index (χ2v) is 9.02. The van der Waals surface area contributed by atoms with Gasteiger partial charge in [0, 0.05) is 18.2 Å². The number of carbonyl (C=O) groups excluding carboxylic acids is 1. The number of hydrogen-bond donors (Lipinski definition) is 0. The molecule has 0 saturated carbocycles. The summed E-state index contributed by atoms with van der Waals surface area (Å²) in [6.45, 7) is 3.58. The first-order valence-corrected chi connectivity index (χ1v) is 11.9. The molecule has 0 unspecified atom stereocenters. The van der Waals surface area contributed by atoms with Crippen molar-refractivity contribution < 1.29 is 9.53 Å². The zero-order chi connectivity index (χ0) is 22.5. The van der Waals surface area contributed by atoms with Gasteiger partial charge in [-0.25, -0.2) is 0 Å². The van der Waals surface area contributed by atoms with Crippen molar-refractivity contribution in [1.82, 2.24) is 4.57 Å². The second-order valence-electron chi connectivity index (χ2n) is 7.17. The first-order chi connectivity index (χ1) is 15.6. The fourth-order valence-electron chi connectivity index (χ4n) is 3.65. The molecule has 1 aromatic heterocycles. The number of halogens is 2. The van der Waals surface area contributed by atoms with Gasteiger partial charge < -0.3 is 9.30 Å². The van der Waals surface area contributed by atoms with E-state index in [1.807, 2.05) is 78.2 Å². The minimum Gasteiger partial charge on any atom is -0.380 e. The molecule has 3 aromatic carbocycles. The first-order valence-electron chi connectivity index (χ1n) is 10.3. The van der Waals surface area contributed by atoms with Crippen molar-refractivity contribution in [3.05, 3.63) is 98.8 Å². The van der Waals surface area contributed by atoms with Crippen LogP contribution in [0.25, 0.3) is 10.2 Å². The highest BCUT2D eigenvalue weighted by atomic mass is 35.5. The molecule has 0 bridgehead atoms. The number of ether oxygens (including phenoxy) is 1. The lowest BCUT2D eigenvalue weighted by atomic mass is 9.91. The molecule has 4 nitrogen and oxygen atoms in total. The molecule has 0 aliphatic heterocycles. The third kappa shape index (κ3) is 4.97.